The number of piperidine rings is 1. The molecule has 0 N–H and O–H groups in total. The van der Waals surface area contributed by atoms with Crippen LogP contribution in [-0.4, -0.2) is 56.8 Å². The largest absolute Gasteiger partial charge is 0.361 e. The van der Waals surface area contributed by atoms with Crippen LogP contribution in [0.15, 0.2) is 29.1 Å². The van der Waals surface area contributed by atoms with Crippen LogP contribution in [-0.2, 0) is 7.05 Å². The van der Waals surface area contributed by atoms with E-state index in [0.29, 0.717) is 5.92 Å². The van der Waals surface area contributed by atoms with E-state index in [0.717, 1.165) is 49.0 Å². The van der Waals surface area contributed by atoms with Gasteiger partial charge in [-0.2, -0.15) is 9.61 Å². The van der Waals surface area contributed by atoms with Gasteiger partial charge in [0.15, 0.2) is 11.5 Å². The second-order valence-electron chi connectivity index (χ2n) is 6.83. The topological polar surface area (TPSA) is 84.5 Å². The van der Waals surface area contributed by atoms with Gasteiger partial charge in [0.1, 0.15) is 11.6 Å². The molecule has 4 heterocycles. The fraction of sp³-hybridized carbons (Fsp3) is 0.471. The third-order valence-corrected chi connectivity index (χ3v) is 4.86. The van der Waals surface area contributed by atoms with Gasteiger partial charge in [-0.25, -0.2) is 4.68 Å². The predicted octanol–water partition coefficient (Wildman–Crippen LogP) is 0.668. The van der Waals surface area contributed by atoms with Crippen molar-refractivity contribution in [2.45, 2.75) is 18.8 Å². The van der Waals surface area contributed by atoms with E-state index in [1.54, 1.807) is 19.2 Å². The van der Waals surface area contributed by atoms with E-state index in [2.05, 4.69) is 25.3 Å². The van der Waals surface area contributed by atoms with Crippen molar-refractivity contribution in [3.63, 3.8) is 0 Å². The highest BCUT2D eigenvalue weighted by molar-refractivity contribution is 5.45. The molecule has 1 saturated heterocycles. The molecule has 0 radical (unpaired) electrons. The minimum absolute atomic E-state index is 0.0960. The maximum atomic E-state index is 11.5. The van der Waals surface area contributed by atoms with Gasteiger partial charge in [-0.15, -0.1) is 15.3 Å². The van der Waals surface area contributed by atoms with Gasteiger partial charge in [0.25, 0.3) is 5.56 Å². The minimum atomic E-state index is -0.0960. The van der Waals surface area contributed by atoms with Crippen molar-refractivity contribution in [1.29, 1.82) is 0 Å². The molecule has 0 aliphatic carbocycles. The summed E-state index contributed by atoms with van der Waals surface area (Å²) in [6.07, 6.45) is 1.89. The Morgan fingerprint density at radius 1 is 1.04 bits per heavy atom. The summed E-state index contributed by atoms with van der Waals surface area (Å²) in [5, 5.41) is 17.7. The molecule has 3 aromatic heterocycles. The second kappa shape index (κ2) is 6.40. The molecule has 0 aromatic carbocycles. The lowest BCUT2D eigenvalue weighted by Crippen LogP contribution is -2.35. The molecule has 0 saturated carbocycles. The van der Waals surface area contributed by atoms with E-state index < -0.39 is 0 Å². The van der Waals surface area contributed by atoms with E-state index >= 15 is 0 Å². The first kappa shape index (κ1) is 16.5. The van der Waals surface area contributed by atoms with E-state index in [1.165, 1.54) is 4.68 Å². The number of nitrogens with zero attached hydrogens (tertiary/aromatic N) is 8. The van der Waals surface area contributed by atoms with Crippen molar-refractivity contribution in [3.05, 3.63) is 40.4 Å². The Morgan fingerprint density at radius 2 is 1.81 bits per heavy atom. The molecule has 9 nitrogen and oxygen atoms in total. The average molecular weight is 354 g/mol. The predicted molar refractivity (Wildman–Crippen MR) is 98.8 cm³/mol. The molecular formula is C17H22N8O. The summed E-state index contributed by atoms with van der Waals surface area (Å²) in [6, 6.07) is 7.25. The SMILES string of the molecule is CN(C)c1ccc2nnc(C3CCN(c4ccc(=O)n(C)n4)CC3)n2n1. The van der Waals surface area contributed by atoms with Crippen LogP contribution in [0.3, 0.4) is 0 Å². The molecule has 3 aromatic rings. The molecular weight excluding hydrogens is 332 g/mol. The fourth-order valence-electron chi connectivity index (χ4n) is 3.31. The Balaban J connectivity index is 1.54. The first-order valence-electron chi connectivity index (χ1n) is 8.72. The Labute approximate surface area is 150 Å². The summed E-state index contributed by atoms with van der Waals surface area (Å²) < 4.78 is 3.24. The smallest absolute Gasteiger partial charge is 0.266 e. The van der Waals surface area contributed by atoms with Gasteiger partial charge in [0.05, 0.1) is 0 Å². The quantitative estimate of drug-likeness (QED) is 0.683. The fourth-order valence-corrected chi connectivity index (χ4v) is 3.31. The van der Waals surface area contributed by atoms with E-state index in [9.17, 15) is 4.79 Å². The van der Waals surface area contributed by atoms with Crippen molar-refractivity contribution in [1.82, 2.24) is 29.6 Å². The van der Waals surface area contributed by atoms with Crippen LogP contribution in [0.1, 0.15) is 24.6 Å². The number of hydrogen-bond donors (Lipinski definition) is 0. The Hall–Kier alpha value is -2.97. The van der Waals surface area contributed by atoms with Gasteiger partial charge in [0.2, 0.25) is 0 Å². The lowest BCUT2D eigenvalue weighted by Gasteiger charge is -2.31. The molecule has 0 atom stereocenters. The summed E-state index contributed by atoms with van der Waals surface area (Å²) in [6.45, 7) is 1.72. The summed E-state index contributed by atoms with van der Waals surface area (Å²) in [7, 11) is 5.61. The first-order valence-corrected chi connectivity index (χ1v) is 8.72. The zero-order valence-corrected chi connectivity index (χ0v) is 15.2. The molecule has 26 heavy (non-hydrogen) atoms. The van der Waals surface area contributed by atoms with Crippen LogP contribution in [0, 0.1) is 0 Å². The molecule has 0 unspecified atom stereocenters. The molecule has 1 aliphatic rings. The van der Waals surface area contributed by atoms with Crippen molar-refractivity contribution in [2.24, 2.45) is 7.05 Å². The van der Waals surface area contributed by atoms with Crippen LogP contribution < -0.4 is 15.4 Å². The average Bonchev–Trinajstić information content (AvgIpc) is 3.07. The molecule has 4 rings (SSSR count). The number of rotatable bonds is 3. The van der Waals surface area contributed by atoms with E-state index in [1.807, 2.05) is 35.6 Å². The highest BCUT2D eigenvalue weighted by Crippen LogP contribution is 2.28. The van der Waals surface area contributed by atoms with Gasteiger partial charge < -0.3 is 9.80 Å². The lowest BCUT2D eigenvalue weighted by atomic mass is 9.96. The van der Waals surface area contributed by atoms with Gasteiger partial charge >= 0.3 is 0 Å². The maximum absolute atomic E-state index is 11.5. The highest BCUT2D eigenvalue weighted by atomic mass is 16.1. The van der Waals surface area contributed by atoms with E-state index in [-0.39, 0.29) is 5.56 Å². The van der Waals surface area contributed by atoms with Crippen LogP contribution in [0.5, 0.6) is 0 Å². The molecule has 1 fully saturated rings. The molecule has 0 amide bonds. The molecule has 9 heteroatoms. The monoisotopic (exact) mass is 354 g/mol. The molecule has 1 aliphatic heterocycles. The Morgan fingerprint density at radius 3 is 2.50 bits per heavy atom. The maximum Gasteiger partial charge on any atom is 0.266 e. The second-order valence-corrected chi connectivity index (χ2v) is 6.83. The first-order chi connectivity index (χ1) is 12.5. The third-order valence-electron chi connectivity index (χ3n) is 4.86. The number of fused-ring (bicyclic) bond motifs is 1. The van der Waals surface area contributed by atoms with Gasteiger partial charge in [-0.05, 0) is 31.0 Å². The van der Waals surface area contributed by atoms with Crippen LogP contribution in [0.25, 0.3) is 5.65 Å². The van der Waals surface area contributed by atoms with Crippen LogP contribution in [0.4, 0.5) is 11.6 Å². The summed E-state index contributed by atoms with van der Waals surface area (Å²) >= 11 is 0. The number of hydrogen-bond acceptors (Lipinski definition) is 7. The standard InChI is InChI=1S/C17H22N8O/c1-22(2)14-5-4-13-18-19-17(25(13)21-14)12-8-10-24(11-9-12)15-6-7-16(26)23(3)20-15/h4-7,12H,8-11H2,1-3H3. The van der Waals surface area contributed by atoms with Gasteiger partial charge in [-0.1, -0.05) is 0 Å². The lowest BCUT2D eigenvalue weighted by molar-refractivity contribution is 0.472. The number of aromatic nitrogens is 6. The van der Waals surface area contributed by atoms with Gasteiger partial charge in [0, 0.05) is 46.2 Å². The molecule has 136 valence electrons. The van der Waals surface area contributed by atoms with E-state index in [4.69, 9.17) is 0 Å². The number of aryl methyl sites for hydroxylation is 1. The number of anilines is 2. The minimum Gasteiger partial charge on any atom is -0.361 e. The molecule has 0 bridgehead atoms. The van der Waals surface area contributed by atoms with Gasteiger partial charge in [-0.3, -0.25) is 4.79 Å². The van der Waals surface area contributed by atoms with Crippen LogP contribution in [0.2, 0.25) is 0 Å². The molecule has 0 spiro atoms. The zero-order chi connectivity index (χ0) is 18.3. The Kier molecular flexibility index (Phi) is 4.06. The highest BCUT2D eigenvalue weighted by Gasteiger charge is 2.26. The van der Waals surface area contributed by atoms with Crippen LogP contribution >= 0.6 is 0 Å². The summed E-state index contributed by atoms with van der Waals surface area (Å²) in [4.78, 5) is 15.7. The normalized spacial score (nSPS) is 15.6. The van der Waals surface area contributed by atoms with Crippen molar-refractivity contribution in [2.75, 3.05) is 37.0 Å². The van der Waals surface area contributed by atoms with Crippen molar-refractivity contribution < 1.29 is 0 Å². The van der Waals surface area contributed by atoms with Crippen molar-refractivity contribution >= 4 is 17.3 Å². The Bertz CT molecular complexity index is 984. The summed E-state index contributed by atoms with van der Waals surface area (Å²) in [5.41, 5.74) is 0.675. The summed E-state index contributed by atoms with van der Waals surface area (Å²) in [5.74, 6) is 2.94. The zero-order valence-electron chi connectivity index (χ0n) is 15.2. The van der Waals surface area contributed by atoms with Crippen molar-refractivity contribution in [3.8, 4) is 0 Å². The third kappa shape index (κ3) is 2.89.